The Balaban J connectivity index is 2.09. The topological polar surface area (TPSA) is 56.2 Å². The molecule has 1 fully saturated rings. The molecule has 0 aliphatic carbocycles. The van der Waals surface area contributed by atoms with E-state index in [4.69, 9.17) is 16.3 Å². The van der Waals surface area contributed by atoms with E-state index in [0.717, 1.165) is 19.4 Å². The Hall–Kier alpha value is -1.07. The van der Waals surface area contributed by atoms with Crippen LogP contribution < -0.4 is 5.32 Å². The van der Waals surface area contributed by atoms with E-state index in [1.54, 1.807) is 4.68 Å². The summed E-state index contributed by atoms with van der Waals surface area (Å²) in [5.74, 6) is 0.249. The zero-order valence-electron chi connectivity index (χ0n) is 13.1. The number of aromatic nitrogens is 2. The highest BCUT2D eigenvalue weighted by atomic mass is 35.5. The standard InChI is InChI=1S/C15H24ClN3O2/c1-9(2)8-19-14(16)13(11(4)18-19)15(20)17-10(3)12-6-5-7-21-12/h9-10,12H,5-8H2,1-4H3,(H,17,20)/t10-,12-/m0/s1. The van der Waals surface area contributed by atoms with Gasteiger partial charge in [-0.1, -0.05) is 25.4 Å². The van der Waals surface area contributed by atoms with Crippen molar-refractivity contribution in [2.24, 2.45) is 5.92 Å². The summed E-state index contributed by atoms with van der Waals surface area (Å²) in [5.41, 5.74) is 1.14. The molecule has 0 aromatic carbocycles. The minimum Gasteiger partial charge on any atom is -0.376 e. The highest BCUT2D eigenvalue weighted by molar-refractivity contribution is 6.33. The first kappa shape index (κ1) is 16.3. The van der Waals surface area contributed by atoms with Crippen molar-refractivity contribution in [3.8, 4) is 0 Å². The predicted octanol–water partition coefficient (Wildman–Crippen LogP) is 2.80. The van der Waals surface area contributed by atoms with Gasteiger partial charge in [-0.2, -0.15) is 5.10 Å². The molecule has 1 aliphatic heterocycles. The molecule has 5 nitrogen and oxygen atoms in total. The quantitative estimate of drug-likeness (QED) is 0.909. The smallest absolute Gasteiger partial charge is 0.256 e. The van der Waals surface area contributed by atoms with Gasteiger partial charge in [-0.05, 0) is 32.6 Å². The first-order chi connectivity index (χ1) is 9.90. The van der Waals surface area contributed by atoms with Gasteiger partial charge in [-0.3, -0.25) is 9.48 Å². The van der Waals surface area contributed by atoms with E-state index >= 15 is 0 Å². The van der Waals surface area contributed by atoms with Crippen LogP contribution in [0.2, 0.25) is 5.15 Å². The number of aryl methyl sites for hydroxylation is 1. The van der Waals surface area contributed by atoms with Crippen molar-refractivity contribution >= 4 is 17.5 Å². The van der Waals surface area contributed by atoms with Crippen molar-refractivity contribution in [1.29, 1.82) is 0 Å². The lowest BCUT2D eigenvalue weighted by atomic mass is 10.1. The summed E-state index contributed by atoms with van der Waals surface area (Å²) in [6.07, 6.45) is 2.14. The van der Waals surface area contributed by atoms with Crippen LogP contribution in [0, 0.1) is 12.8 Å². The molecule has 6 heteroatoms. The Morgan fingerprint density at radius 1 is 1.52 bits per heavy atom. The molecule has 118 valence electrons. The molecule has 1 aromatic heterocycles. The van der Waals surface area contributed by atoms with Gasteiger partial charge in [-0.25, -0.2) is 0 Å². The van der Waals surface area contributed by atoms with E-state index in [1.807, 2.05) is 13.8 Å². The lowest BCUT2D eigenvalue weighted by Gasteiger charge is -2.19. The average Bonchev–Trinajstić information content (AvgIpc) is 2.98. The second-order valence-corrected chi connectivity index (χ2v) is 6.50. The number of hydrogen-bond donors (Lipinski definition) is 1. The first-order valence-electron chi connectivity index (χ1n) is 7.55. The average molecular weight is 314 g/mol. The zero-order chi connectivity index (χ0) is 15.6. The number of ether oxygens (including phenoxy) is 1. The van der Waals surface area contributed by atoms with Crippen molar-refractivity contribution in [2.75, 3.05) is 6.61 Å². The molecule has 0 spiro atoms. The second kappa shape index (κ2) is 6.79. The Morgan fingerprint density at radius 3 is 2.81 bits per heavy atom. The minimum atomic E-state index is -0.171. The molecular weight excluding hydrogens is 290 g/mol. The molecule has 0 saturated carbocycles. The lowest BCUT2D eigenvalue weighted by molar-refractivity contribution is 0.0712. The SMILES string of the molecule is Cc1nn(CC(C)C)c(Cl)c1C(=O)N[C@@H](C)[C@@H]1CCCO1. The zero-order valence-corrected chi connectivity index (χ0v) is 13.9. The van der Waals surface area contributed by atoms with Gasteiger partial charge < -0.3 is 10.1 Å². The maximum Gasteiger partial charge on any atom is 0.256 e. The van der Waals surface area contributed by atoms with E-state index in [-0.39, 0.29) is 18.1 Å². The largest absolute Gasteiger partial charge is 0.376 e. The van der Waals surface area contributed by atoms with Gasteiger partial charge >= 0.3 is 0 Å². The van der Waals surface area contributed by atoms with Crippen molar-refractivity contribution in [3.63, 3.8) is 0 Å². The maximum absolute atomic E-state index is 12.4. The molecule has 0 unspecified atom stereocenters. The fraction of sp³-hybridized carbons (Fsp3) is 0.733. The van der Waals surface area contributed by atoms with Gasteiger partial charge in [0.2, 0.25) is 0 Å². The number of carbonyl (C=O) groups excluding carboxylic acids is 1. The van der Waals surface area contributed by atoms with E-state index in [0.29, 0.717) is 28.9 Å². The van der Waals surface area contributed by atoms with Crippen LogP contribution in [0.15, 0.2) is 0 Å². The fourth-order valence-corrected chi connectivity index (χ4v) is 2.98. The number of rotatable bonds is 5. The molecule has 1 aromatic rings. The first-order valence-corrected chi connectivity index (χ1v) is 7.93. The number of nitrogens with zero attached hydrogens (tertiary/aromatic N) is 2. The van der Waals surface area contributed by atoms with Gasteiger partial charge in [0, 0.05) is 13.2 Å². The van der Waals surface area contributed by atoms with Crippen LogP contribution in [0.1, 0.15) is 49.7 Å². The number of amides is 1. The van der Waals surface area contributed by atoms with Gasteiger partial charge in [0.15, 0.2) is 0 Å². The Kier molecular flexibility index (Phi) is 5.27. The van der Waals surface area contributed by atoms with Crippen molar-refractivity contribution in [2.45, 2.75) is 59.2 Å². The van der Waals surface area contributed by atoms with Crippen LogP contribution in [0.5, 0.6) is 0 Å². The summed E-state index contributed by atoms with van der Waals surface area (Å²) in [5, 5.41) is 7.77. The molecular formula is C15H24ClN3O2. The Morgan fingerprint density at radius 2 is 2.24 bits per heavy atom. The van der Waals surface area contributed by atoms with Gasteiger partial charge in [0.1, 0.15) is 5.15 Å². The highest BCUT2D eigenvalue weighted by Gasteiger charge is 2.27. The fourth-order valence-electron chi connectivity index (χ4n) is 2.65. The van der Waals surface area contributed by atoms with Gasteiger partial charge in [0.25, 0.3) is 5.91 Å². The third-order valence-electron chi connectivity index (χ3n) is 3.71. The summed E-state index contributed by atoms with van der Waals surface area (Å²) in [7, 11) is 0. The van der Waals surface area contributed by atoms with Crippen molar-refractivity contribution < 1.29 is 9.53 Å². The molecule has 1 aliphatic rings. The number of halogens is 1. The predicted molar refractivity (Wildman–Crippen MR) is 82.7 cm³/mol. The van der Waals surface area contributed by atoms with Gasteiger partial charge in [-0.15, -0.1) is 0 Å². The lowest BCUT2D eigenvalue weighted by Crippen LogP contribution is -2.41. The van der Waals surface area contributed by atoms with Crippen LogP contribution in [-0.4, -0.2) is 34.4 Å². The number of nitrogens with one attached hydrogen (secondary N) is 1. The molecule has 1 amide bonds. The summed E-state index contributed by atoms with van der Waals surface area (Å²) < 4.78 is 7.30. The molecule has 1 N–H and O–H groups in total. The molecule has 21 heavy (non-hydrogen) atoms. The highest BCUT2D eigenvalue weighted by Crippen LogP contribution is 2.22. The third-order valence-corrected chi connectivity index (χ3v) is 4.10. The number of hydrogen-bond acceptors (Lipinski definition) is 3. The Bertz CT molecular complexity index is 507. The molecule has 2 rings (SSSR count). The summed E-state index contributed by atoms with van der Waals surface area (Å²) in [6, 6.07) is -0.0242. The van der Waals surface area contributed by atoms with Crippen molar-refractivity contribution in [1.82, 2.24) is 15.1 Å². The third kappa shape index (κ3) is 3.77. The van der Waals surface area contributed by atoms with Crippen LogP contribution in [-0.2, 0) is 11.3 Å². The normalized spacial score (nSPS) is 20.0. The van der Waals surface area contributed by atoms with E-state index in [9.17, 15) is 4.79 Å². The summed E-state index contributed by atoms with van der Waals surface area (Å²) in [6.45, 7) is 9.44. The van der Waals surface area contributed by atoms with Crippen LogP contribution in [0.4, 0.5) is 0 Å². The monoisotopic (exact) mass is 313 g/mol. The minimum absolute atomic E-state index is 0.0242. The summed E-state index contributed by atoms with van der Waals surface area (Å²) in [4.78, 5) is 12.4. The molecule has 0 radical (unpaired) electrons. The summed E-state index contributed by atoms with van der Waals surface area (Å²) >= 11 is 6.32. The van der Waals surface area contributed by atoms with E-state index in [2.05, 4.69) is 24.3 Å². The molecule has 2 atom stereocenters. The van der Waals surface area contributed by atoms with Crippen LogP contribution in [0.3, 0.4) is 0 Å². The molecule has 1 saturated heterocycles. The van der Waals surface area contributed by atoms with Gasteiger partial charge in [0.05, 0.1) is 23.4 Å². The van der Waals surface area contributed by atoms with E-state index < -0.39 is 0 Å². The van der Waals surface area contributed by atoms with Crippen LogP contribution in [0.25, 0.3) is 0 Å². The second-order valence-electron chi connectivity index (χ2n) is 6.14. The van der Waals surface area contributed by atoms with Crippen molar-refractivity contribution in [3.05, 3.63) is 16.4 Å². The van der Waals surface area contributed by atoms with E-state index in [1.165, 1.54) is 0 Å². The number of carbonyl (C=O) groups is 1. The maximum atomic E-state index is 12.4. The molecule has 0 bridgehead atoms. The Labute approximate surface area is 131 Å². The van der Waals surface area contributed by atoms with Crippen LogP contribution >= 0.6 is 11.6 Å². The molecule has 2 heterocycles.